The number of nitrogens with zero attached hydrogens (tertiary/aromatic N) is 2. The van der Waals surface area contributed by atoms with Crippen LogP contribution in [0.1, 0.15) is 17.0 Å². The maximum Gasteiger partial charge on any atom is 0.247 e. The van der Waals surface area contributed by atoms with Gasteiger partial charge in [-0.25, -0.2) is 4.99 Å². The van der Waals surface area contributed by atoms with Crippen LogP contribution in [0.2, 0.25) is 0 Å². The fraction of sp³-hybridized carbons (Fsp3) is 0.125. The number of benzene rings is 3. The number of amides is 2. The number of carbonyl (C=O) groups excluding carboxylic acids is 2. The smallest absolute Gasteiger partial charge is 0.247 e. The summed E-state index contributed by atoms with van der Waals surface area (Å²) in [6, 6.07) is 26.3. The van der Waals surface area contributed by atoms with Crippen molar-refractivity contribution >= 4 is 40.1 Å². The summed E-state index contributed by atoms with van der Waals surface area (Å²) in [4.78, 5) is 32.2. The Morgan fingerprint density at radius 3 is 2.17 bits per heavy atom. The van der Waals surface area contributed by atoms with Gasteiger partial charge in [0.2, 0.25) is 11.8 Å². The third-order valence-corrected chi connectivity index (χ3v) is 6.14. The molecular formula is C24H21N3O2S. The SMILES string of the molecule is Cc1ccc(C(C(N)=O)C2SC(=Nc3ccccc3)N(c3ccccc3)C2=O)cc1. The normalized spacial score (nSPS) is 18.6. The molecule has 3 aromatic rings. The third-order valence-electron chi connectivity index (χ3n) is 4.93. The minimum absolute atomic E-state index is 0.203. The zero-order valence-corrected chi connectivity index (χ0v) is 17.3. The molecule has 1 aliphatic rings. The lowest BCUT2D eigenvalue weighted by Crippen LogP contribution is -2.38. The Morgan fingerprint density at radius 2 is 1.57 bits per heavy atom. The number of thioether (sulfide) groups is 1. The van der Waals surface area contributed by atoms with E-state index in [1.54, 1.807) is 4.90 Å². The first-order valence-corrected chi connectivity index (χ1v) is 10.5. The second kappa shape index (κ2) is 8.55. The molecular weight excluding hydrogens is 394 g/mol. The summed E-state index contributed by atoms with van der Waals surface area (Å²) in [6.07, 6.45) is 0. The number of hydrogen-bond donors (Lipinski definition) is 1. The first-order chi connectivity index (χ1) is 14.5. The lowest BCUT2D eigenvalue weighted by molar-refractivity contribution is -0.123. The van der Waals surface area contributed by atoms with Gasteiger partial charge in [0.15, 0.2) is 5.17 Å². The Hall–Kier alpha value is -3.38. The minimum atomic E-state index is -0.752. The van der Waals surface area contributed by atoms with Crippen LogP contribution in [-0.2, 0) is 9.59 Å². The Balaban J connectivity index is 1.78. The predicted octanol–water partition coefficient (Wildman–Crippen LogP) is 4.40. The Labute approximate surface area is 179 Å². The molecule has 3 aromatic carbocycles. The van der Waals surface area contributed by atoms with Crippen LogP contribution in [-0.4, -0.2) is 22.2 Å². The molecule has 4 rings (SSSR count). The number of primary amides is 1. The molecule has 5 nitrogen and oxygen atoms in total. The van der Waals surface area contributed by atoms with Crippen molar-refractivity contribution in [3.8, 4) is 0 Å². The van der Waals surface area contributed by atoms with E-state index in [9.17, 15) is 9.59 Å². The second-order valence-electron chi connectivity index (χ2n) is 7.07. The fourth-order valence-corrected chi connectivity index (χ4v) is 4.73. The van der Waals surface area contributed by atoms with Gasteiger partial charge in [-0.1, -0.05) is 78.0 Å². The van der Waals surface area contributed by atoms with Crippen molar-refractivity contribution in [1.29, 1.82) is 0 Å². The molecule has 1 heterocycles. The molecule has 0 spiro atoms. The van der Waals surface area contributed by atoms with Crippen LogP contribution < -0.4 is 10.6 Å². The maximum atomic E-state index is 13.5. The van der Waals surface area contributed by atoms with E-state index in [4.69, 9.17) is 10.7 Å². The number of aryl methyl sites for hydroxylation is 1. The number of anilines is 1. The molecule has 1 saturated heterocycles. The lowest BCUT2D eigenvalue weighted by Gasteiger charge is -2.20. The van der Waals surface area contributed by atoms with Crippen LogP contribution in [0.25, 0.3) is 0 Å². The summed E-state index contributed by atoms with van der Waals surface area (Å²) in [7, 11) is 0. The molecule has 6 heteroatoms. The average molecular weight is 416 g/mol. The van der Waals surface area contributed by atoms with Crippen molar-refractivity contribution in [2.75, 3.05) is 4.90 Å². The van der Waals surface area contributed by atoms with Crippen LogP contribution in [0.3, 0.4) is 0 Å². The van der Waals surface area contributed by atoms with Crippen molar-refractivity contribution in [2.24, 2.45) is 10.7 Å². The fourth-order valence-electron chi connectivity index (χ4n) is 3.41. The molecule has 0 radical (unpaired) electrons. The van der Waals surface area contributed by atoms with Crippen LogP contribution in [0.4, 0.5) is 11.4 Å². The van der Waals surface area contributed by atoms with E-state index in [0.717, 1.165) is 16.8 Å². The monoisotopic (exact) mass is 415 g/mol. The molecule has 2 atom stereocenters. The standard InChI is InChI=1S/C24H21N3O2S/c1-16-12-14-17(15-13-16)20(22(25)28)21-23(29)27(19-10-6-3-7-11-19)24(30-21)26-18-8-4-2-5-9-18/h2-15,20-21H,1H3,(H2,25,28). The van der Waals surface area contributed by atoms with E-state index in [1.807, 2.05) is 91.9 Å². The van der Waals surface area contributed by atoms with Gasteiger partial charge in [-0.3, -0.25) is 14.5 Å². The van der Waals surface area contributed by atoms with Gasteiger partial charge in [0.05, 0.1) is 17.3 Å². The highest BCUT2D eigenvalue weighted by Gasteiger charge is 2.46. The summed E-state index contributed by atoms with van der Waals surface area (Å²) >= 11 is 1.28. The number of para-hydroxylation sites is 2. The molecule has 1 aliphatic heterocycles. The van der Waals surface area contributed by atoms with Crippen molar-refractivity contribution in [3.05, 3.63) is 96.1 Å². The van der Waals surface area contributed by atoms with Crippen LogP contribution in [0, 0.1) is 6.92 Å². The number of nitrogens with two attached hydrogens (primary N) is 1. The van der Waals surface area contributed by atoms with Gasteiger partial charge < -0.3 is 5.73 Å². The predicted molar refractivity (Wildman–Crippen MR) is 122 cm³/mol. The first kappa shape index (κ1) is 19.9. The van der Waals surface area contributed by atoms with Gasteiger partial charge >= 0.3 is 0 Å². The quantitative estimate of drug-likeness (QED) is 0.671. The van der Waals surface area contributed by atoms with Crippen LogP contribution in [0.15, 0.2) is 89.9 Å². The van der Waals surface area contributed by atoms with Gasteiger partial charge in [-0.05, 0) is 36.8 Å². The molecule has 2 N–H and O–H groups in total. The summed E-state index contributed by atoms with van der Waals surface area (Å²) in [6.45, 7) is 1.97. The van der Waals surface area contributed by atoms with E-state index in [-0.39, 0.29) is 5.91 Å². The molecule has 0 aromatic heterocycles. The Morgan fingerprint density at radius 1 is 0.967 bits per heavy atom. The number of aliphatic imine (C=N–C) groups is 1. The van der Waals surface area contributed by atoms with E-state index in [1.165, 1.54) is 11.8 Å². The van der Waals surface area contributed by atoms with Crippen LogP contribution in [0.5, 0.6) is 0 Å². The average Bonchev–Trinajstić information content (AvgIpc) is 3.06. The Kier molecular flexibility index (Phi) is 5.68. The van der Waals surface area contributed by atoms with Gasteiger partial charge in [-0.15, -0.1) is 0 Å². The van der Waals surface area contributed by atoms with E-state index < -0.39 is 17.1 Å². The number of hydrogen-bond acceptors (Lipinski definition) is 4. The second-order valence-corrected chi connectivity index (χ2v) is 8.18. The van der Waals surface area contributed by atoms with Crippen LogP contribution >= 0.6 is 11.8 Å². The molecule has 150 valence electrons. The summed E-state index contributed by atoms with van der Waals surface area (Å²) in [5.41, 5.74) is 9.02. The molecule has 1 fully saturated rings. The van der Waals surface area contributed by atoms with Gasteiger partial charge in [0.25, 0.3) is 0 Å². The Bertz CT molecular complexity index is 1080. The molecule has 2 amide bonds. The summed E-state index contributed by atoms with van der Waals surface area (Å²) < 4.78 is 0. The van der Waals surface area contributed by atoms with Gasteiger partial charge in [-0.2, -0.15) is 0 Å². The number of amidine groups is 1. The largest absolute Gasteiger partial charge is 0.369 e. The summed E-state index contributed by atoms with van der Waals surface area (Å²) in [5, 5.41) is -0.159. The van der Waals surface area contributed by atoms with E-state index >= 15 is 0 Å². The molecule has 0 bridgehead atoms. The molecule has 0 aliphatic carbocycles. The molecule has 30 heavy (non-hydrogen) atoms. The first-order valence-electron chi connectivity index (χ1n) is 9.60. The molecule has 2 unspecified atom stereocenters. The third kappa shape index (κ3) is 4.00. The van der Waals surface area contributed by atoms with Gasteiger partial charge in [0.1, 0.15) is 5.25 Å². The zero-order valence-electron chi connectivity index (χ0n) is 16.4. The van der Waals surface area contributed by atoms with E-state index in [2.05, 4.69) is 0 Å². The minimum Gasteiger partial charge on any atom is -0.369 e. The van der Waals surface area contributed by atoms with Gasteiger partial charge in [0, 0.05) is 0 Å². The number of carbonyl (C=O) groups is 2. The molecule has 0 saturated carbocycles. The van der Waals surface area contributed by atoms with Crippen molar-refractivity contribution in [3.63, 3.8) is 0 Å². The highest BCUT2D eigenvalue weighted by atomic mass is 32.2. The van der Waals surface area contributed by atoms with Crippen molar-refractivity contribution in [2.45, 2.75) is 18.1 Å². The summed E-state index contributed by atoms with van der Waals surface area (Å²) in [5.74, 6) is -1.48. The lowest BCUT2D eigenvalue weighted by atomic mass is 9.93. The van der Waals surface area contributed by atoms with E-state index in [0.29, 0.717) is 10.9 Å². The topological polar surface area (TPSA) is 75.8 Å². The maximum absolute atomic E-state index is 13.5. The highest BCUT2D eigenvalue weighted by molar-refractivity contribution is 8.16. The zero-order chi connectivity index (χ0) is 21.1. The van der Waals surface area contributed by atoms with Crippen molar-refractivity contribution < 1.29 is 9.59 Å². The van der Waals surface area contributed by atoms with Crippen molar-refractivity contribution in [1.82, 2.24) is 0 Å². The number of rotatable bonds is 5. The highest BCUT2D eigenvalue weighted by Crippen LogP contribution is 2.40.